The number of nitrogens with zero attached hydrogens (tertiary/aromatic N) is 1. The molecule has 1 aromatic rings. The van der Waals surface area contributed by atoms with Crippen molar-refractivity contribution >= 4 is 17.3 Å². The standard InChI is InChI=1S/C11H14ClN/c12-7-9-13-8-3-5-10-4-1-2-6-11(10)13/h1-2,4,6H,3,5,7-9H2. The quantitative estimate of drug-likeness (QED) is 0.656. The molecule has 2 rings (SSSR count). The molecule has 0 aliphatic carbocycles. The molecule has 0 spiro atoms. The Morgan fingerprint density at radius 2 is 2.15 bits per heavy atom. The maximum Gasteiger partial charge on any atom is 0.0399 e. The molecular weight excluding hydrogens is 182 g/mol. The van der Waals surface area contributed by atoms with Crippen LogP contribution in [0.4, 0.5) is 5.69 Å². The molecular formula is C11H14ClN. The molecule has 0 amide bonds. The van der Waals surface area contributed by atoms with Crippen molar-refractivity contribution < 1.29 is 0 Å². The van der Waals surface area contributed by atoms with Gasteiger partial charge in [-0.25, -0.2) is 0 Å². The second-order valence-corrected chi connectivity index (χ2v) is 3.79. The summed E-state index contributed by atoms with van der Waals surface area (Å²) >= 11 is 5.76. The summed E-state index contributed by atoms with van der Waals surface area (Å²) in [5.41, 5.74) is 2.85. The molecule has 0 saturated carbocycles. The van der Waals surface area contributed by atoms with Crippen LogP contribution in [0.5, 0.6) is 0 Å². The monoisotopic (exact) mass is 195 g/mol. The summed E-state index contributed by atoms with van der Waals surface area (Å²) < 4.78 is 0. The molecule has 0 saturated heterocycles. The van der Waals surface area contributed by atoms with E-state index in [1.54, 1.807) is 0 Å². The molecule has 0 N–H and O–H groups in total. The maximum atomic E-state index is 5.76. The highest BCUT2D eigenvalue weighted by Gasteiger charge is 2.14. The predicted molar refractivity (Wildman–Crippen MR) is 57.7 cm³/mol. The van der Waals surface area contributed by atoms with Gasteiger partial charge < -0.3 is 4.90 Å². The van der Waals surface area contributed by atoms with Crippen LogP contribution in [0.1, 0.15) is 12.0 Å². The topological polar surface area (TPSA) is 3.24 Å². The maximum absolute atomic E-state index is 5.76. The van der Waals surface area contributed by atoms with Crippen molar-refractivity contribution in [1.29, 1.82) is 0 Å². The van der Waals surface area contributed by atoms with E-state index in [1.807, 2.05) is 0 Å². The van der Waals surface area contributed by atoms with E-state index in [4.69, 9.17) is 11.6 Å². The van der Waals surface area contributed by atoms with Crippen LogP contribution in [-0.4, -0.2) is 19.0 Å². The van der Waals surface area contributed by atoms with Gasteiger partial charge in [-0.1, -0.05) is 18.2 Å². The summed E-state index contributed by atoms with van der Waals surface area (Å²) in [5.74, 6) is 0.717. The highest BCUT2D eigenvalue weighted by atomic mass is 35.5. The Hall–Kier alpha value is -0.690. The second kappa shape index (κ2) is 4.01. The van der Waals surface area contributed by atoms with Gasteiger partial charge in [0.25, 0.3) is 0 Å². The van der Waals surface area contributed by atoms with Gasteiger partial charge in [0, 0.05) is 24.7 Å². The van der Waals surface area contributed by atoms with E-state index in [1.165, 1.54) is 24.1 Å². The molecule has 1 aliphatic heterocycles. The zero-order valence-electron chi connectivity index (χ0n) is 7.67. The lowest BCUT2D eigenvalue weighted by molar-refractivity contribution is 0.709. The molecule has 1 aliphatic rings. The van der Waals surface area contributed by atoms with E-state index >= 15 is 0 Å². The van der Waals surface area contributed by atoms with Crippen molar-refractivity contribution in [2.24, 2.45) is 0 Å². The first kappa shape index (κ1) is 8.89. The fourth-order valence-electron chi connectivity index (χ4n) is 1.95. The smallest absolute Gasteiger partial charge is 0.0399 e. The lowest BCUT2D eigenvalue weighted by Crippen LogP contribution is -2.30. The molecule has 1 nitrogen and oxygen atoms in total. The molecule has 0 aromatic heterocycles. The lowest BCUT2D eigenvalue weighted by atomic mass is 10.0. The van der Waals surface area contributed by atoms with Crippen molar-refractivity contribution in [3.8, 4) is 0 Å². The van der Waals surface area contributed by atoms with Crippen LogP contribution in [0.15, 0.2) is 24.3 Å². The largest absolute Gasteiger partial charge is 0.370 e. The van der Waals surface area contributed by atoms with Crippen LogP contribution >= 0.6 is 11.6 Å². The fraction of sp³-hybridized carbons (Fsp3) is 0.455. The van der Waals surface area contributed by atoms with Crippen LogP contribution in [0, 0.1) is 0 Å². The molecule has 70 valence electrons. The van der Waals surface area contributed by atoms with Gasteiger partial charge in [-0.2, -0.15) is 0 Å². The van der Waals surface area contributed by atoms with Crippen molar-refractivity contribution in [1.82, 2.24) is 0 Å². The third-order valence-electron chi connectivity index (χ3n) is 2.56. The van der Waals surface area contributed by atoms with E-state index in [9.17, 15) is 0 Å². The van der Waals surface area contributed by atoms with Crippen molar-refractivity contribution in [2.75, 3.05) is 23.9 Å². The zero-order valence-corrected chi connectivity index (χ0v) is 8.43. The molecule has 1 aromatic carbocycles. The average Bonchev–Trinajstić information content (AvgIpc) is 2.19. The number of para-hydroxylation sites is 1. The average molecular weight is 196 g/mol. The second-order valence-electron chi connectivity index (χ2n) is 3.41. The predicted octanol–water partition coefficient (Wildman–Crippen LogP) is 2.68. The molecule has 2 heteroatoms. The van der Waals surface area contributed by atoms with E-state index in [0.29, 0.717) is 5.88 Å². The number of rotatable bonds is 2. The number of halogens is 1. The van der Waals surface area contributed by atoms with Gasteiger partial charge in [0.1, 0.15) is 0 Å². The molecule has 0 fully saturated rings. The van der Waals surface area contributed by atoms with Crippen LogP contribution in [-0.2, 0) is 6.42 Å². The van der Waals surface area contributed by atoms with Gasteiger partial charge in [-0.05, 0) is 24.5 Å². The Balaban J connectivity index is 2.26. The highest BCUT2D eigenvalue weighted by Crippen LogP contribution is 2.26. The first-order valence-corrected chi connectivity index (χ1v) is 5.34. The minimum absolute atomic E-state index is 0.717. The van der Waals surface area contributed by atoms with Crippen LogP contribution in [0.3, 0.4) is 0 Å². The van der Waals surface area contributed by atoms with E-state index < -0.39 is 0 Å². The minimum atomic E-state index is 0.717. The highest BCUT2D eigenvalue weighted by molar-refractivity contribution is 6.18. The Kier molecular flexibility index (Phi) is 2.74. The summed E-state index contributed by atoms with van der Waals surface area (Å²) in [6.07, 6.45) is 2.48. The Morgan fingerprint density at radius 1 is 1.31 bits per heavy atom. The number of benzene rings is 1. The van der Waals surface area contributed by atoms with Crippen molar-refractivity contribution in [3.63, 3.8) is 0 Å². The number of hydrogen-bond acceptors (Lipinski definition) is 1. The van der Waals surface area contributed by atoms with E-state index in [0.717, 1.165) is 13.1 Å². The van der Waals surface area contributed by atoms with Gasteiger partial charge in [-0.15, -0.1) is 11.6 Å². The van der Waals surface area contributed by atoms with Crippen molar-refractivity contribution in [2.45, 2.75) is 12.8 Å². The fourth-order valence-corrected chi connectivity index (χ4v) is 2.15. The lowest BCUT2D eigenvalue weighted by Gasteiger charge is -2.30. The summed E-state index contributed by atoms with van der Waals surface area (Å²) in [7, 11) is 0. The molecule has 0 bridgehead atoms. The number of anilines is 1. The number of hydrogen-bond donors (Lipinski definition) is 0. The first-order valence-electron chi connectivity index (χ1n) is 4.80. The summed E-state index contributed by atoms with van der Waals surface area (Å²) in [6, 6.07) is 8.63. The molecule has 13 heavy (non-hydrogen) atoms. The van der Waals surface area contributed by atoms with Crippen molar-refractivity contribution in [3.05, 3.63) is 29.8 Å². The normalized spacial score (nSPS) is 15.6. The molecule has 1 heterocycles. The number of alkyl halides is 1. The van der Waals surface area contributed by atoms with Gasteiger partial charge in [-0.3, -0.25) is 0 Å². The summed E-state index contributed by atoms with van der Waals surface area (Å²) in [5, 5.41) is 0. The third-order valence-corrected chi connectivity index (χ3v) is 2.73. The Morgan fingerprint density at radius 3 is 3.00 bits per heavy atom. The third kappa shape index (κ3) is 1.80. The molecule has 0 unspecified atom stereocenters. The Labute approximate surface area is 84.3 Å². The molecule has 0 radical (unpaired) electrons. The van der Waals surface area contributed by atoms with Gasteiger partial charge in [0.15, 0.2) is 0 Å². The van der Waals surface area contributed by atoms with E-state index in [-0.39, 0.29) is 0 Å². The summed E-state index contributed by atoms with van der Waals surface area (Å²) in [4.78, 5) is 2.38. The van der Waals surface area contributed by atoms with Gasteiger partial charge in [0.2, 0.25) is 0 Å². The first-order chi connectivity index (χ1) is 6.42. The number of aryl methyl sites for hydroxylation is 1. The van der Waals surface area contributed by atoms with Gasteiger partial charge in [0.05, 0.1) is 0 Å². The molecule has 0 atom stereocenters. The van der Waals surface area contributed by atoms with E-state index in [2.05, 4.69) is 29.2 Å². The Bertz CT molecular complexity index is 285. The van der Waals surface area contributed by atoms with Crippen LogP contribution < -0.4 is 4.90 Å². The zero-order chi connectivity index (χ0) is 9.10. The van der Waals surface area contributed by atoms with Gasteiger partial charge >= 0.3 is 0 Å². The SMILES string of the molecule is ClCCN1CCCc2ccccc21. The van der Waals surface area contributed by atoms with Crippen LogP contribution in [0.25, 0.3) is 0 Å². The number of fused-ring (bicyclic) bond motifs is 1. The minimum Gasteiger partial charge on any atom is -0.370 e. The van der Waals surface area contributed by atoms with Crippen LogP contribution in [0.2, 0.25) is 0 Å². The summed E-state index contributed by atoms with van der Waals surface area (Å²) in [6.45, 7) is 2.13.